The van der Waals surface area contributed by atoms with E-state index in [4.69, 9.17) is 4.74 Å². The molecule has 0 spiro atoms. The number of aromatic nitrogens is 1. The van der Waals surface area contributed by atoms with Gasteiger partial charge in [-0.05, 0) is 41.5 Å². The van der Waals surface area contributed by atoms with Gasteiger partial charge in [0.2, 0.25) is 5.91 Å². The number of nitrogens with one attached hydrogen (secondary N) is 1. The molecule has 1 aromatic heterocycles. The summed E-state index contributed by atoms with van der Waals surface area (Å²) in [5, 5.41) is -0.00782. The predicted molar refractivity (Wildman–Crippen MR) is 126 cm³/mol. The molecule has 4 rings (SSSR count). The Bertz CT molecular complexity index is 1380. The van der Waals surface area contributed by atoms with Crippen LogP contribution in [0.3, 0.4) is 0 Å². The summed E-state index contributed by atoms with van der Waals surface area (Å²) in [5.41, 5.74) is -3.38. The minimum Gasteiger partial charge on any atom is -0.378 e. The van der Waals surface area contributed by atoms with Gasteiger partial charge in [-0.1, -0.05) is 12.1 Å². The summed E-state index contributed by atoms with van der Waals surface area (Å²) in [4.78, 5) is 18.2. The van der Waals surface area contributed by atoms with Gasteiger partial charge in [0.05, 0.1) is 35.7 Å². The third-order valence-electron chi connectivity index (χ3n) is 5.55. The minimum absolute atomic E-state index is 0.00782. The van der Waals surface area contributed by atoms with Crippen molar-refractivity contribution in [2.24, 2.45) is 0 Å². The van der Waals surface area contributed by atoms with Crippen LogP contribution in [0.5, 0.6) is 0 Å². The van der Waals surface area contributed by atoms with Gasteiger partial charge in [0, 0.05) is 24.2 Å². The lowest BCUT2D eigenvalue weighted by molar-refractivity contribution is -0.143. The van der Waals surface area contributed by atoms with Crippen LogP contribution >= 0.6 is 11.3 Å². The number of halogens is 6. The number of anilines is 1. The smallest absolute Gasteiger partial charge is 0.378 e. The van der Waals surface area contributed by atoms with E-state index in [1.165, 1.54) is 6.20 Å². The van der Waals surface area contributed by atoms with Crippen molar-refractivity contribution in [1.29, 1.82) is 0 Å². The van der Waals surface area contributed by atoms with Crippen molar-refractivity contribution in [3.8, 4) is 11.1 Å². The average Bonchev–Trinajstić information content (AvgIpc) is 3.29. The third-order valence-corrected chi connectivity index (χ3v) is 7.95. The molecule has 2 heterocycles. The summed E-state index contributed by atoms with van der Waals surface area (Å²) >= 11 is 0.961. The molecule has 1 aliphatic heterocycles. The van der Waals surface area contributed by atoms with Gasteiger partial charge in [0.15, 0.2) is 5.13 Å². The number of thiazole rings is 1. The summed E-state index contributed by atoms with van der Waals surface area (Å²) in [7, 11) is -4.18. The van der Waals surface area contributed by atoms with Crippen molar-refractivity contribution in [2.75, 3.05) is 31.0 Å². The first-order valence-corrected chi connectivity index (χ1v) is 13.3. The Hall–Kier alpha value is -3.17. The Morgan fingerprint density at radius 3 is 2.08 bits per heavy atom. The number of sulfonamides is 1. The monoisotopic (exact) mass is 579 g/mol. The van der Waals surface area contributed by atoms with E-state index in [9.17, 15) is 39.6 Å². The van der Waals surface area contributed by atoms with Gasteiger partial charge in [-0.2, -0.15) is 26.3 Å². The number of amides is 1. The molecule has 0 bridgehead atoms. The fourth-order valence-corrected chi connectivity index (χ4v) is 5.68. The fraction of sp³-hybridized carbons (Fsp3) is 0.304. The highest BCUT2D eigenvalue weighted by molar-refractivity contribution is 7.93. The van der Waals surface area contributed by atoms with Crippen molar-refractivity contribution in [3.63, 3.8) is 0 Å². The van der Waals surface area contributed by atoms with Gasteiger partial charge in [-0.25, -0.2) is 13.4 Å². The van der Waals surface area contributed by atoms with Gasteiger partial charge >= 0.3 is 12.4 Å². The third kappa shape index (κ3) is 6.63. The molecule has 38 heavy (non-hydrogen) atoms. The van der Waals surface area contributed by atoms with Gasteiger partial charge in [0.1, 0.15) is 0 Å². The zero-order valence-corrected chi connectivity index (χ0v) is 20.9. The molecule has 1 N–H and O–H groups in total. The summed E-state index contributed by atoms with van der Waals surface area (Å²) in [6.07, 6.45) is -8.62. The number of carbonyl (C=O) groups excluding carboxylic acids is 1. The number of hydrogen-bond acceptors (Lipinski definition) is 6. The summed E-state index contributed by atoms with van der Waals surface area (Å²) in [5.74, 6) is -0.148. The topological polar surface area (TPSA) is 88.6 Å². The Morgan fingerprint density at radius 2 is 1.53 bits per heavy atom. The zero-order valence-electron chi connectivity index (χ0n) is 19.3. The minimum atomic E-state index is -5.01. The van der Waals surface area contributed by atoms with Crippen LogP contribution < -0.4 is 4.72 Å². The highest BCUT2D eigenvalue weighted by atomic mass is 32.2. The number of alkyl halides is 6. The molecule has 1 aliphatic rings. The standard InChI is InChI=1S/C23H19F6N3O4S2/c24-22(25,26)16-9-15(10-17(11-16)23(27,28)29)14-1-3-19(4-2-14)38(34,35)31-21-30-13-18(37-21)12-20(33)32-5-7-36-8-6-32/h1-4,9-11,13H,5-8,12H2,(H,30,31). The lowest BCUT2D eigenvalue weighted by atomic mass is 9.99. The van der Waals surface area contributed by atoms with Crippen LogP contribution in [0.15, 0.2) is 53.6 Å². The van der Waals surface area contributed by atoms with E-state index in [1.807, 2.05) is 0 Å². The Balaban J connectivity index is 1.50. The second-order valence-corrected chi connectivity index (χ2v) is 11.0. The highest BCUT2D eigenvalue weighted by Crippen LogP contribution is 2.38. The van der Waals surface area contributed by atoms with Crippen LogP contribution in [0.25, 0.3) is 11.1 Å². The van der Waals surface area contributed by atoms with Crippen molar-refractivity contribution in [1.82, 2.24) is 9.88 Å². The van der Waals surface area contributed by atoms with Crippen LogP contribution in [0, 0.1) is 0 Å². The Labute approximate surface area is 217 Å². The van der Waals surface area contributed by atoms with Crippen molar-refractivity contribution < 1.29 is 44.3 Å². The van der Waals surface area contributed by atoms with Crippen molar-refractivity contribution in [2.45, 2.75) is 23.7 Å². The molecule has 0 radical (unpaired) electrons. The second-order valence-electron chi connectivity index (χ2n) is 8.23. The van der Waals surface area contributed by atoms with E-state index >= 15 is 0 Å². The van der Waals surface area contributed by atoms with Crippen molar-refractivity contribution in [3.05, 3.63) is 64.7 Å². The zero-order chi connectivity index (χ0) is 27.7. The van der Waals surface area contributed by atoms with Crippen molar-refractivity contribution >= 4 is 32.4 Å². The quantitative estimate of drug-likeness (QED) is 0.413. The first-order valence-electron chi connectivity index (χ1n) is 11.0. The number of ether oxygens (including phenoxy) is 1. The second kappa shape index (κ2) is 10.5. The number of hydrogen-bond donors (Lipinski definition) is 1. The average molecular weight is 580 g/mol. The summed E-state index contributed by atoms with van der Waals surface area (Å²) < 4.78 is 112. The maximum Gasteiger partial charge on any atom is 0.416 e. The lowest BCUT2D eigenvalue weighted by Crippen LogP contribution is -2.41. The van der Waals surface area contributed by atoms with Crippen LogP contribution in [0.1, 0.15) is 16.0 Å². The van der Waals surface area contributed by atoms with Gasteiger partial charge < -0.3 is 9.64 Å². The number of carbonyl (C=O) groups is 1. The van der Waals surface area contributed by atoms with Gasteiger partial charge in [-0.3, -0.25) is 9.52 Å². The van der Waals surface area contributed by atoms with E-state index < -0.39 is 33.5 Å². The van der Waals surface area contributed by atoms with Crippen LogP contribution in [0.4, 0.5) is 31.5 Å². The van der Waals surface area contributed by atoms with E-state index in [2.05, 4.69) is 9.71 Å². The molecule has 2 aromatic carbocycles. The molecule has 1 amide bonds. The maximum absolute atomic E-state index is 13.2. The molecular formula is C23H19F6N3O4S2. The molecule has 3 aromatic rings. The Morgan fingerprint density at radius 1 is 0.947 bits per heavy atom. The fourth-order valence-electron chi connectivity index (χ4n) is 3.63. The number of nitrogens with zero attached hydrogens (tertiary/aromatic N) is 2. The van der Waals surface area contributed by atoms with Crippen LogP contribution in [-0.2, 0) is 38.3 Å². The molecule has 7 nitrogen and oxygen atoms in total. The molecule has 1 fully saturated rings. The Kier molecular flexibility index (Phi) is 7.72. The lowest BCUT2D eigenvalue weighted by Gasteiger charge is -2.26. The molecule has 0 saturated carbocycles. The molecule has 1 saturated heterocycles. The van der Waals surface area contributed by atoms with Gasteiger partial charge in [-0.15, -0.1) is 11.3 Å². The number of morpholine rings is 1. The van der Waals surface area contributed by atoms with E-state index in [1.54, 1.807) is 4.90 Å². The van der Waals surface area contributed by atoms with Crippen LogP contribution in [-0.4, -0.2) is 50.5 Å². The number of rotatable bonds is 6. The van der Waals surface area contributed by atoms with E-state index in [0.29, 0.717) is 43.3 Å². The molecule has 15 heteroatoms. The first kappa shape index (κ1) is 27.9. The SMILES string of the molecule is O=C(Cc1cnc(NS(=O)(=O)c2ccc(-c3cc(C(F)(F)F)cc(C(F)(F)F)c3)cc2)s1)N1CCOCC1. The molecule has 0 atom stereocenters. The molecular weight excluding hydrogens is 560 g/mol. The first-order chi connectivity index (χ1) is 17.7. The maximum atomic E-state index is 13.2. The molecule has 0 unspecified atom stereocenters. The largest absolute Gasteiger partial charge is 0.416 e. The van der Waals surface area contributed by atoms with Crippen LogP contribution in [0.2, 0.25) is 0 Å². The number of benzene rings is 2. The van der Waals surface area contributed by atoms with Gasteiger partial charge in [0.25, 0.3) is 10.0 Å². The van der Waals surface area contributed by atoms with E-state index in [-0.39, 0.29) is 39.5 Å². The molecule has 204 valence electrons. The highest BCUT2D eigenvalue weighted by Gasteiger charge is 2.37. The van der Waals surface area contributed by atoms with E-state index in [0.717, 1.165) is 35.6 Å². The summed E-state index contributed by atoms with van der Waals surface area (Å²) in [6.45, 7) is 1.81. The molecule has 0 aliphatic carbocycles. The summed E-state index contributed by atoms with van der Waals surface area (Å²) in [6, 6.07) is 5.47. The normalized spacial score (nSPS) is 14.9. The predicted octanol–water partition coefficient (Wildman–Crippen LogP) is 5.05.